The van der Waals surface area contributed by atoms with Gasteiger partial charge in [-0.05, 0) is 47.6 Å². The molecular weight excluding hydrogens is 232 g/mol. The van der Waals surface area contributed by atoms with Gasteiger partial charge in [-0.1, -0.05) is 55.8 Å². The van der Waals surface area contributed by atoms with Crippen molar-refractivity contribution in [1.82, 2.24) is 0 Å². The van der Waals surface area contributed by atoms with E-state index >= 15 is 0 Å². The molecule has 2 rings (SSSR count). The Balaban J connectivity index is 2.29. The number of aryl methyl sites for hydroxylation is 1. The first-order valence-electron chi connectivity index (χ1n) is 6.89. The molecule has 0 radical (unpaired) electrons. The molecule has 0 aliphatic carbocycles. The second kappa shape index (κ2) is 6.03. The van der Waals surface area contributed by atoms with Crippen molar-refractivity contribution in [2.45, 2.75) is 33.8 Å². The van der Waals surface area contributed by atoms with Gasteiger partial charge in [-0.15, -0.1) is 0 Å². The van der Waals surface area contributed by atoms with Crippen LogP contribution in [0.4, 0.5) is 0 Å². The van der Waals surface area contributed by atoms with Crippen molar-refractivity contribution >= 4 is 0 Å². The van der Waals surface area contributed by atoms with Gasteiger partial charge in [-0.25, -0.2) is 0 Å². The van der Waals surface area contributed by atoms with Crippen molar-refractivity contribution in [2.24, 2.45) is 5.92 Å². The lowest BCUT2D eigenvalue weighted by molar-refractivity contribution is 0.282. The molecule has 1 N–H and O–H groups in total. The Morgan fingerprint density at radius 2 is 1.58 bits per heavy atom. The number of aliphatic hydroxyl groups is 1. The Labute approximate surface area is 115 Å². The zero-order valence-corrected chi connectivity index (χ0v) is 12.0. The van der Waals surface area contributed by atoms with Crippen LogP contribution in [-0.4, -0.2) is 5.11 Å². The van der Waals surface area contributed by atoms with E-state index < -0.39 is 0 Å². The van der Waals surface area contributed by atoms with Crippen molar-refractivity contribution in [2.75, 3.05) is 0 Å². The summed E-state index contributed by atoms with van der Waals surface area (Å²) in [5.74, 6) is 0.686. The van der Waals surface area contributed by atoms with Gasteiger partial charge in [0.25, 0.3) is 0 Å². The number of hydrogen-bond donors (Lipinski definition) is 1. The molecule has 0 aliphatic rings. The van der Waals surface area contributed by atoms with E-state index in [0.29, 0.717) is 5.92 Å². The van der Waals surface area contributed by atoms with Crippen LogP contribution < -0.4 is 0 Å². The third-order valence-corrected chi connectivity index (χ3v) is 3.25. The van der Waals surface area contributed by atoms with Crippen LogP contribution in [0, 0.1) is 12.8 Å². The fourth-order valence-electron chi connectivity index (χ4n) is 2.43. The van der Waals surface area contributed by atoms with Crippen molar-refractivity contribution in [3.8, 4) is 11.1 Å². The lowest BCUT2D eigenvalue weighted by atomic mass is 9.97. The van der Waals surface area contributed by atoms with E-state index in [1.54, 1.807) is 0 Å². The fraction of sp³-hybridized carbons (Fsp3) is 0.333. The van der Waals surface area contributed by atoms with Crippen LogP contribution in [0.1, 0.15) is 30.5 Å². The van der Waals surface area contributed by atoms with E-state index in [9.17, 15) is 5.11 Å². The standard InChI is InChI=1S/C18H22O/c1-13(2)8-15-4-6-17(7-5-15)18-10-14(3)9-16(11-18)12-19/h4-7,9-11,13,19H,8,12H2,1-3H3. The second-order valence-corrected chi connectivity index (χ2v) is 5.66. The first kappa shape index (κ1) is 13.8. The van der Waals surface area contributed by atoms with Gasteiger partial charge in [0, 0.05) is 0 Å². The van der Waals surface area contributed by atoms with Crippen LogP contribution >= 0.6 is 0 Å². The zero-order valence-electron chi connectivity index (χ0n) is 12.0. The molecule has 0 atom stereocenters. The largest absolute Gasteiger partial charge is 0.392 e. The van der Waals surface area contributed by atoms with Gasteiger partial charge in [0.05, 0.1) is 6.61 Å². The highest BCUT2D eigenvalue weighted by Gasteiger charge is 2.02. The quantitative estimate of drug-likeness (QED) is 0.860. The number of rotatable bonds is 4. The Morgan fingerprint density at radius 3 is 2.16 bits per heavy atom. The molecule has 0 aromatic heterocycles. The third kappa shape index (κ3) is 3.68. The van der Waals surface area contributed by atoms with E-state index in [-0.39, 0.29) is 6.61 Å². The van der Waals surface area contributed by atoms with Gasteiger partial charge in [-0.2, -0.15) is 0 Å². The van der Waals surface area contributed by atoms with Crippen molar-refractivity contribution < 1.29 is 5.11 Å². The molecule has 0 bridgehead atoms. The van der Waals surface area contributed by atoms with Gasteiger partial charge < -0.3 is 5.11 Å². The molecule has 0 aliphatic heterocycles. The highest BCUT2D eigenvalue weighted by molar-refractivity contribution is 5.65. The van der Waals surface area contributed by atoms with Crippen molar-refractivity contribution in [1.29, 1.82) is 0 Å². The monoisotopic (exact) mass is 254 g/mol. The normalized spacial score (nSPS) is 11.0. The van der Waals surface area contributed by atoms with Crippen molar-refractivity contribution in [3.63, 3.8) is 0 Å². The molecule has 2 aromatic carbocycles. The molecule has 2 aromatic rings. The van der Waals surface area contributed by atoms with E-state index in [4.69, 9.17) is 0 Å². The van der Waals surface area contributed by atoms with Gasteiger partial charge >= 0.3 is 0 Å². The molecular formula is C18H22O. The molecule has 1 nitrogen and oxygen atoms in total. The van der Waals surface area contributed by atoms with Gasteiger partial charge in [0.1, 0.15) is 0 Å². The molecule has 0 spiro atoms. The zero-order chi connectivity index (χ0) is 13.8. The van der Waals surface area contributed by atoms with Gasteiger partial charge in [0.2, 0.25) is 0 Å². The minimum atomic E-state index is 0.0973. The summed E-state index contributed by atoms with van der Waals surface area (Å²) in [6.07, 6.45) is 1.12. The number of aliphatic hydroxyl groups excluding tert-OH is 1. The summed E-state index contributed by atoms with van der Waals surface area (Å²) in [6, 6.07) is 15.0. The predicted molar refractivity (Wildman–Crippen MR) is 81.1 cm³/mol. The maximum absolute atomic E-state index is 9.28. The molecule has 0 unspecified atom stereocenters. The van der Waals surface area contributed by atoms with Crippen LogP contribution in [0.3, 0.4) is 0 Å². The molecule has 1 heteroatoms. The lowest BCUT2D eigenvalue weighted by Crippen LogP contribution is -1.93. The summed E-state index contributed by atoms with van der Waals surface area (Å²) in [7, 11) is 0. The Bertz CT molecular complexity index is 538. The summed E-state index contributed by atoms with van der Waals surface area (Å²) in [5.41, 5.74) is 5.94. The Kier molecular flexibility index (Phi) is 4.39. The molecule has 0 saturated carbocycles. The van der Waals surface area contributed by atoms with Crippen LogP contribution in [0.15, 0.2) is 42.5 Å². The average molecular weight is 254 g/mol. The molecule has 19 heavy (non-hydrogen) atoms. The maximum atomic E-state index is 9.28. The molecule has 0 amide bonds. The van der Waals surface area contributed by atoms with E-state index in [1.807, 2.05) is 6.07 Å². The van der Waals surface area contributed by atoms with Gasteiger partial charge in [-0.3, -0.25) is 0 Å². The van der Waals surface area contributed by atoms with Crippen LogP contribution in [0.5, 0.6) is 0 Å². The van der Waals surface area contributed by atoms with E-state index in [2.05, 4.69) is 57.2 Å². The van der Waals surface area contributed by atoms with Crippen LogP contribution in [0.25, 0.3) is 11.1 Å². The number of benzene rings is 2. The Hall–Kier alpha value is -1.60. The summed E-state index contributed by atoms with van der Waals surface area (Å²) in [6.45, 7) is 6.64. The molecule has 0 saturated heterocycles. The smallest absolute Gasteiger partial charge is 0.0682 e. The van der Waals surface area contributed by atoms with Crippen molar-refractivity contribution in [3.05, 3.63) is 59.2 Å². The third-order valence-electron chi connectivity index (χ3n) is 3.25. The van der Waals surface area contributed by atoms with E-state index in [0.717, 1.165) is 12.0 Å². The highest BCUT2D eigenvalue weighted by atomic mass is 16.3. The first-order valence-corrected chi connectivity index (χ1v) is 6.89. The van der Waals surface area contributed by atoms with E-state index in [1.165, 1.54) is 22.3 Å². The van der Waals surface area contributed by atoms with Gasteiger partial charge in [0.15, 0.2) is 0 Å². The molecule has 0 heterocycles. The average Bonchev–Trinajstić information content (AvgIpc) is 2.38. The Morgan fingerprint density at radius 1 is 0.895 bits per heavy atom. The predicted octanol–water partition coefficient (Wildman–Crippen LogP) is 4.35. The minimum absolute atomic E-state index is 0.0973. The van der Waals surface area contributed by atoms with Crippen LogP contribution in [0.2, 0.25) is 0 Å². The fourth-order valence-corrected chi connectivity index (χ4v) is 2.43. The second-order valence-electron chi connectivity index (χ2n) is 5.66. The first-order chi connectivity index (χ1) is 9.08. The lowest BCUT2D eigenvalue weighted by Gasteiger charge is -2.09. The molecule has 0 fully saturated rings. The summed E-state index contributed by atoms with van der Waals surface area (Å²) in [5, 5.41) is 9.28. The number of hydrogen-bond acceptors (Lipinski definition) is 1. The summed E-state index contributed by atoms with van der Waals surface area (Å²) in [4.78, 5) is 0. The van der Waals surface area contributed by atoms with Crippen LogP contribution in [-0.2, 0) is 13.0 Å². The maximum Gasteiger partial charge on any atom is 0.0682 e. The highest BCUT2D eigenvalue weighted by Crippen LogP contribution is 2.23. The summed E-state index contributed by atoms with van der Waals surface area (Å²) < 4.78 is 0. The molecule has 100 valence electrons. The SMILES string of the molecule is Cc1cc(CO)cc(-c2ccc(CC(C)C)cc2)c1. The summed E-state index contributed by atoms with van der Waals surface area (Å²) >= 11 is 0. The topological polar surface area (TPSA) is 20.2 Å². The minimum Gasteiger partial charge on any atom is -0.392 e.